The van der Waals surface area contributed by atoms with Crippen molar-refractivity contribution in [3.05, 3.63) is 23.2 Å². The Labute approximate surface area is 104 Å². The lowest BCUT2D eigenvalue weighted by Gasteiger charge is -2.05. The van der Waals surface area contributed by atoms with Crippen LogP contribution >= 0.6 is 22.9 Å². The largest absolute Gasteiger partial charge is 0.390 e. The van der Waals surface area contributed by atoms with E-state index in [0.717, 1.165) is 4.70 Å². The normalized spacial score (nSPS) is 12.0. The highest BCUT2D eigenvalue weighted by Gasteiger charge is 2.26. The zero-order valence-electron chi connectivity index (χ0n) is 8.51. The predicted molar refractivity (Wildman–Crippen MR) is 63.8 cm³/mol. The number of aromatic nitrogens is 1. The van der Waals surface area contributed by atoms with Crippen molar-refractivity contribution in [2.75, 3.05) is 11.9 Å². The van der Waals surface area contributed by atoms with Crippen LogP contribution in [0.4, 0.5) is 18.3 Å². The molecular weight excluding hydrogens is 273 g/mol. The molecule has 0 unspecified atom stereocenters. The third kappa shape index (κ3) is 3.47. The van der Waals surface area contributed by atoms with E-state index in [2.05, 4.69) is 10.3 Å². The van der Waals surface area contributed by atoms with Crippen LogP contribution in [0.2, 0.25) is 5.02 Å². The van der Waals surface area contributed by atoms with Gasteiger partial charge in [0.2, 0.25) is 0 Å². The molecule has 2 rings (SSSR count). The molecule has 7 heteroatoms. The van der Waals surface area contributed by atoms with Gasteiger partial charge in [0.15, 0.2) is 5.13 Å². The number of anilines is 1. The van der Waals surface area contributed by atoms with Crippen molar-refractivity contribution in [3.8, 4) is 0 Å². The summed E-state index contributed by atoms with van der Waals surface area (Å²) in [5.41, 5.74) is 0.692. The number of alkyl halides is 3. The molecule has 92 valence electrons. The van der Waals surface area contributed by atoms with Gasteiger partial charge in [0, 0.05) is 11.6 Å². The fraction of sp³-hybridized carbons (Fsp3) is 0.300. The van der Waals surface area contributed by atoms with Crippen LogP contribution in [0.15, 0.2) is 18.2 Å². The second kappa shape index (κ2) is 4.70. The summed E-state index contributed by atoms with van der Waals surface area (Å²) in [7, 11) is 0. The molecule has 0 aliphatic heterocycles. The summed E-state index contributed by atoms with van der Waals surface area (Å²) in [5.74, 6) is 0. The van der Waals surface area contributed by atoms with Crippen LogP contribution < -0.4 is 5.32 Å². The SMILES string of the molecule is FC(F)(F)CCNc1nc2cc(Cl)ccc2s1. The smallest absolute Gasteiger partial charge is 0.361 e. The topological polar surface area (TPSA) is 24.9 Å². The van der Waals surface area contributed by atoms with E-state index in [4.69, 9.17) is 11.6 Å². The first-order chi connectivity index (χ1) is 7.94. The van der Waals surface area contributed by atoms with Gasteiger partial charge in [-0.1, -0.05) is 22.9 Å². The predicted octanol–water partition coefficient (Wildman–Crippen LogP) is 4.31. The fourth-order valence-corrected chi connectivity index (χ4v) is 2.33. The number of halogens is 4. The van der Waals surface area contributed by atoms with Gasteiger partial charge in [0.25, 0.3) is 0 Å². The molecule has 0 radical (unpaired) electrons. The minimum absolute atomic E-state index is 0.170. The van der Waals surface area contributed by atoms with Gasteiger partial charge < -0.3 is 5.32 Å². The van der Waals surface area contributed by atoms with Gasteiger partial charge in [-0.05, 0) is 18.2 Å². The van der Waals surface area contributed by atoms with Gasteiger partial charge in [-0.3, -0.25) is 0 Å². The number of nitrogens with one attached hydrogen (secondary N) is 1. The Morgan fingerprint density at radius 2 is 2.12 bits per heavy atom. The lowest BCUT2D eigenvalue weighted by Crippen LogP contribution is -2.14. The molecule has 0 saturated heterocycles. The monoisotopic (exact) mass is 280 g/mol. The van der Waals surface area contributed by atoms with E-state index in [1.165, 1.54) is 11.3 Å². The number of fused-ring (bicyclic) bond motifs is 1. The van der Waals surface area contributed by atoms with Crippen LogP contribution in [0.3, 0.4) is 0 Å². The van der Waals surface area contributed by atoms with Crippen molar-refractivity contribution in [3.63, 3.8) is 0 Å². The maximum atomic E-state index is 11.9. The second-order valence-corrected chi connectivity index (χ2v) is 4.89. The Morgan fingerprint density at radius 3 is 2.82 bits per heavy atom. The molecule has 1 aromatic carbocycles. The summed E-state index contributed by atoms with van der Waals surface area (Å²) in [6.45, 7) is -0.170. The Kier molecular flexibility index (Phi) is 3.44. The van der Waals surface area contributed by atoms with E-state index in [9.17, 15) is 13.2 Å². The third-order valence-electron chi connectivity index (χ3n) is 2.03. The first-order valence-corrected chi connectivity index (χ1v) is 6.00. The van der Waals surface area contributed by atoms with Crippen LogP contribution in [-0.4, -0.2) is 17.7 Å². The Bertz CT molecular complexity index is 524. The van der Waals surface area contributed by atoms with Gasteiger partial charge in [-0.2, -0.15) is 13.2 Å². The Balaban J connectivity index is 2.05. The van der Waals surface area contributed by atoms with Gasteiger partial charge in [-0.25, -0.2) is 4.98 Å². The van der Waals surface area contributed by atoms with Gasteiger partial charge in [0.05, 0.1) is 16.6 Å². The van der Waals surface area contributed by atoms with Crippen LogP contribution in [0.1, 0.15) is 6.42 Å². The molecule has 0 amide bonds. The molecule has 1 heterocycles. The van der Waals surface area contributed by atoms with Gasteiger partial charge in [0.1, 0.15) is 0 Å². The van der Waals surface area contributed by atoms with Crippen molar-refractivity contribution >= 4 is 38.3 Å². The standard InChI is InChI=1S/C10H8ClF3N2S/c11-6-1-2-8-7(5-6)16-9(17-8)15-4-3-10(12,13)14/h1-2,5H,3-4H2,(H,15,16). The molecule has 17 heavy (non-hydrogen) atoms. The van der Waals surface area contributed by atoms with Crippen molar-refractivity contribution in [2.45, 2.75) is 12.6 Å². The van der Waals surface area contributed by atoms with Gasteiger partial charge >= 0.3 is 6.18 Å². The maximum absolute atomic E-state index is 11.9. The van der Waals surface area contributed by atoms with Crippen LogP contribution in [0.25, 0.3) is 10.2 Å². The molecule has 0 aliphatic rings. The maximum Gasteiger partial charge on any atom is 0.390 e. The van der Waals surface area contributed by atoms with E-state index in [1.807, 2.05) is 0 Å². The van der Waals surface area contributed by atoms with E-state index < -0.39 is 12.6 Å². The number of rotatable bonds is 3. The molecule has 0 fully saturated rings. The summed E-state index contributed by atoms with van der Waals surface area (Å²) >= 11 is 7.10. The lowest BCUT2D eigenvalue weighted by atomic mass is 10.3. The number of thiazole rings is 1. The molecular formula is C10H8ClF3N2S. The molecule has 0 bridgehead atoms. The average Bonchev–Trinajstić information content (AvgIpc) is 2.57. The van der Waals surface area contributed by atoms with E-state index in [0.29, 0.717) is 15.7 Å². The van der Waals surface area contributed by atoms with Crippen molar-refractivity contribution < 1.29 is 13.2 Å². The summed E-state index contributed by atoms with van der Waals surface area (Å²) < 4.78 is 36.7. The first kappa shape index (κ1) is 12.4. The minimum atomic E-state index is -4.15. The molecule has 2 nitrogen and oxygen atoms in total. The molecule has 2 aromatic rings. The third-order valence-corrected chi connectivity index (χ3v) is 3.26. The number of nitrogens with zero attached hydrogens (tertiary/aromatic N) is 1. The zero-order valence-corrected chi connectivity index (χ0v) is 10.1. The highest BCUT2D eigenvalue weighted by Crippen LogP contribution is 2.28. The first-order valence-electron chi connectivity index (χ1n) is 4.81. The van der Waals surface area contributed by atoms with E-state index in [-0.39, 0.29) is 6.54 Å². The van der Waals surface area contributed by atoms with E-state index in [1.54, 1.807) is 18.2 Å². The van der Waals surface area contributed by atoms with Gasteiger partial charge in [-0.15, -0.1) is 0 Å². The molecule has 1 N–H and O–H groups in total. The van der Waals surface area contributed by atoms with E-state index >= 15 is 0 Å². The summed E-state index contributed by atoms with van der Waals surface area (Å²) in [4.78, 5) is 4.15. The summed E-state index contributed by atoms with van der Waals surface area (Å²) in [6.07, 6.45) is -5.02. The number of hydrogen-bond donors (Lipinski definition) is 1. The molecule has 1 aromatic heterocycles. The van der Waals surface area contributed by atoms with Crippen LogP contribution in [-0.2, 0) is 0 Å². The Hall–Kier alpha value is -1.01. The summed E-state index contributed by atoms with van der Waals surface area (Å²) in [6, 6.07) is 5.20. The van der Waals surface area contributed by atoms with Crippen LogP contribution in [0.5, 0.6) is 0 Å². The van der Waals surface area contributed by atoms with Crippen LogP contribution in [0, 0.1) is 0 Å². The fourth-order valence-electron chi connectivity index (χ4n) is 1.29. The molecule has 0 spiro atoms. The number of hydrogen-bond acceptors (Lipinski definition) is 3. The summed E-state index contributed by atoms with van der Waals surface area (Å²) in [5, 5.41) is 3.69. The highest BCUT2D eigenvalue weighted by molar-refractivity contribution is 7.22. The molecule has 0 aliphatic carbocycles. The quantitative estimate of drug-likeness (QED) is 0.906. The van der Waals surface area contributed by atoms with Crippen molar-refractivity contribution in [2.24, 2.45) is 0 Å². The molecule has 0 atom stereocenters. The van der Waals surface area contributed by atoms with Crippen molar-refractivity contribution in [1.29, 1.82) is 0 Å². The Morgan fingerprint density at radius 1 is 1.35 bits per heavy atom. The second-order valence-electron chi connectivity index (χ2n) is 3.42. The zero-order chi connectivity index (χ0) is 12.5. The number of benzene rings is 1. The minimum Gasteiger partial charge on any atom is -0.361 e. The lowest BCUT2D eigenvalue weighted by molar-refractivity contribution is -0.131. The highest BCUT2D eigenvalue weighted by atomic mass is 35.5. The molecule has 0 saturated carbocycles. The van der Waals surface area contributed by atoms with Crippen molar-refractivity contribution in [1.82, 2.24) is 4.98 Å². The average molecular weight is 281 g/mol.